The molecule has 3 nitrogen and oxygen atoms in total. The molecule has 46 valence electrons. The molecule has 0 N–H and O–H groups in total. The molecule has 4 heteroatoms. The Balaban J connectivity index is 2.90. The first-order chi connectivity index (χ1) is 3.91. The summed E-state index contributed by atoms with van der Waals surface area (Å²) in [7, 11) is 0. The van der Waals surface area contributed by atoms with E-state index in [1.54, 1.807) is 6.92 Å². The molecule has 0 heterocycles. The van der Waals surface area contributed by atoms with Gasteiger partial charge in [-0.05, 0) is 6.92 Å². The first-order valence-corrected chi connectivity index (χ1v) is 2.28. The van der Waals surface area contributed by atoms with E-state index in [0.717, 1.165) is 0 Å². The molecule has 8 heavy (non-hydrogen) atoms. The van der Waals surface area contributed by atoms with E-state index in [1.165, 1.54) is 0 Å². The van der Waals surface area contributed by atoms with Crippen molar-refractivity contribution in [2.45, 2.75) is 6.92 Å². The average molecular weight is 137 g/mol. The van der Waals surface area contributed by atoms with E-state index in [9.17, 15) is 0 Å². The van der Waals surface area contributed by atoms with E-state index in [1.807, 2.05) is 12.2 Å². The minimum Gasteiger partial charge on any atom is -0.329 e. The van der Waals surface area contributed by atoms with Crippen molar-refractivity contribution in [1.82, 2.24) is 0 Å². The van der Waals surface area contributed by atoms with E-state index in [2.05, 4.69) is 25.9 Å². The van der Waals surface area contributed by atoms with Crippen molar-refractivity contribution in [2.24, 2.45) is 0 Å². The molecular formula is C4H5ClO3. The van der Waals surface area contributed by atoms with Crippen LogP contribution in [0.5, 0.6) is 0 Å². The molecule has 0 amide bonds. The van der Waals surface area contributed by atoms with Gasteiger partial charge >= 0.3 is 0 Å². The van der Waals surface area contributed by atoms with Crippen LogP contribution in [0.15, 0.2) is 0 Å². The van der Waals surface area contributed by atoms with Gasteiger partial charge < -0.3 is 4.29 Å². The Kier molecular flexibility index (Phi) is 5.94. The summed E-state index contributed by atoms with van der Waals surface area (Å²) in [6.07, 6.45) is 3.96. The summed E-state index contributed by atoms with van der Waals surface area (Å²) < 4.78 is 3.79. The summed E-state index contributed by atoms with van der Waals surface area (Å²) in [4.78, 5) is 8.48. The Labute approximate surface area is 52.6 Å². The van der Waals surface area contributed by atoms with Gasteiger partial charge in [0.05, 0.1) is 6.61 Å². The van der Waals surface area contributed by atoms with Crippen molar-refractivity contribution in [3.05, 3.63) is 0 Å². The molecule has 0 saturated heterocycles. The zero-order valence-corrected chi connectivity index (χ0v) is 5.07. The third-order valence-electron chi connectivity index (χ3n) is 0.299. The van der Waals surface area contributed by atoms with E-state index in [4.69, 9.17) is 0 Å². The molecule has 0 aliphatic heterocycles. The predicted octanol–water partition coefficient (Wildman–Crippen LogP) is 1.04. The van der Waals surface area contributed by atoms with Gasteiger partial charge in [0.25, 0.3) is 0 Å². The molecule has 0 bridgehead atoms. The van der Waals surface area contributed by atoms with Crippen LogP contribution in [0.2, 0.25) is 0 Å². The van der Waals surface area contributed by atoms with Gasteiger partial charge in [-0.15, -0.1) is 0 Å². The van der Waals surface area contributed by atoms with Crippen LogP contribution in [0.25, 0.3) is 0 Å². The van der Waals surface area contributed by atoms with Gasteiger partial charge in [-0.2, -0.15) is 4.89 Å². The van der Waals surface area contributed by atoms with Gasteiger partial charge in [0.1, 0.15) is 11.9 Å². The third kappa shape index (κ3) is 5.41. The minimum absolute atomic E-state index is 0.441. The van der Waals surface area contributed by atoms with Crippen LogP contribution in [-0.2, 0) is 14.1 Å². The summed E-state index contributed by atoms with van der Waals surface area (Å²) in [6, 6.07) is 0. The fourth-order valence-electron chi connectivity index (χ4n) is 0.121. The van der Waals surface area contributed by atoms with Crippen molar-refractivity contribution >= 4 is 11.9 Å². The molecule has 0 aliphatic rings. The summed E-state index contributed by atoms with van der Waals surface area (Å²) in [5.41, 5.74) is 0. The number of hydrogen-bond donors (Lipinski definition) is 0. The number of hydrogen-bond acceptors (Lipinski definition) is 3. The van der Waals surface area contributed by atoms with E-state index in [-0.39, 0.29) is 0 Å². The van der Waals surface area contributed by atoms with Gasteiger partial charge in [0.2, 0.25) is 6.11 Å². The minimum atomic E-state index is 0.441. The molecule has 0 rings (SSSR count). The highest BCUT2D eigenvalue weighted by atomic mass is 35.5. The van der Waals surface area contributed by atoms with Crippen LogP contribution in [0.1, 0.15) is 6.92 Å². The van der Waals surface area contributed by atoms with Gasteiger partial charge in [-0.25, -0.2) is 0 Å². The second kappa shape index (κ2) is 6.41. The van der Waals surface area contributed by atoms with E-state index in [0.29, 0.717) is 6.61 Å². The topological polar surface area (TPSA) is 27.7 Å². The fraction of sp³-hybridized carbons (Fsp3) is 0.500. The van der Waals surface area contributed by atoms with Crippen molar-refractivity contribution in [1.29, 1.82) is 0 Å². The van der Waals surface area contributed by atoms with E-state index < -0.39 is 0 Å². The van der Waals surface area contributed by atoms with Crippen LogP contribution in [0.3, 0.4) is 0 Å². The molecule has 0 aromatic heterocycles. The Morgan fingerprint density at radius 3 is 2.75 bits per heavy atom. The summed E-state index contributed by atoms with van der Waals surface area (Å²) in [5.74, 6) is 0. The Morgan fingerprint density at radius 1 is 1.50 bits per heavy atom. The maximum atomic E-state index is 4.67. The zero-order valence-electron chi connectivity index (χ0n) is 4.31. The normalized spacial score (nSPS) is 6.75. The Hall–Kier alpha value is -0.590. The molecule has 0 saturated carbocycles. The number of rotatable bonds is 2. The maximum absolute atomic E-state index is 4.67. The van der Waals surface area contributed by atoms with Crippen molar-refractivity contribution < 1.29 is 14.1 Å². The molecular weight excluding hydrogens is 131 g/mol. The van der Waals surface area contributed by atoms with Crippen LogP contribution in [0, 0.1) is 12.2 Å². The fourth-order valence-corrected chi connectivity index (χ4v) is 0.153. The maximum Gasteiger partial charge on any atom is 0.202 e. The Morgan fingerprint density at radius 2 is 2.25 bits per heavy atom. The SMILES string of the molecule is CCOOC#COCl. The largest absolute Gasteiger partial charge is 0.329 e. The molecule has 0 spiro atoms. The number of halogens is 1. The standard InChI is InChI=1S/C4H5ClO3/c1-2-7-8-4-3-6-5/h2H2,1H3. The zero-order chi connectivity index (χ0) is 6.24. The van der Waals surface area contributed by atoms with Gasteiger partial charge in [-0.1, -0.05) is 0 Å². The highest BCUT2D eigenvalue weighted by Gasteiger charge is 1.71. The smallest absolute Gasteiger partial charge is 0.202 e. The molecule has 0 radical (unpaired) electrons. The second-order valence-electron chi connectivity index (χ2n) is 0.771. The van der Waals surface area contributed by atoms with Crippen LogP contribution in [-0.4, -0.2) is 6.61 Å². The third-order valence-corrected chi connectivity index (χ3v) is 0.376. The molecule has 0 unspecified atom stereocenters. The first kappa shape index (κ1) is 7.41. The monoisotopic (exact) mass is 136 g/mol. The lowest BCUT2D eigenvalue weighted by Crippen LogP contribution is -1.84. The summed E-state index contributed by atoms with van der Waals surface area (Å²) in [6.45, 7) is 2.21. The quantitative estimate of drug-likeness (QED) is 0.246. The lowest BCUT2D eigenvalue weighted by atomic mass is 10.9. The van der Waals surface area contributed by atoms with Crippen molar-refractivity contribution in [3.63, 3.8) is 0 Å². The average Bonchev–Trinajstić information content (AvgIpc) is 1.81. The summed E-state index contributed by atoms with van der Waals surface area (Å²) >= 11 is 4.67. The molecule has 0 aliphatic carbocycles. The highest BCUT2D eigenvalue weighted by Crippen LogP contribution is 1.75. The van der Waals surface area contributed by atoms with Gasteiger partial charge in [0.15, 0.2) is 6.11 Å². The van der Waals surface area contributed by atoms with Crippen molar-refractivity contribution in [3.8, 4) is 12.2 Å². The first-order valence-electron chi connectivity index (χ1n) is 1.98. The van der Waals surface area contributed by atoms with Crippen LogP contribution in [0.4, 0.5) is 0 Å². The second-order valence-corrected chi connectivity index (χ2v) is 0.925. The summed E-state index contributed by atoms with van der Waals surface area (Å²) in [5, 5.41) is 0. The van der Waals surface area contributed by atoms with Crippen LogP contribution >= 0.6 is 11.9 Å². The van der Waals surface area contributed by atoms with Gasteiger partial charge in [0, 0.05) is 0 Å². The molecule has 0 atom stereocenters. The highest BCUT2D eigenvalue weighted by molar-refractivity contribution is 6.08. The van der Waals surface area contributed by atoms with Gasteiger partial charge in [-0.3, -0.25) is 4.89 Å². The van der Waals surface area contributed by atoms with Crippen molar-refractivity contribution in [2.75, 3.05) is 6.61 Å². The molecule has 0 fully saturated rings. The molecule has 0 aromatic rings. The lowest BCUT2D eigenvalue weighted by molar-refractivity contribution is -0.232. The van der Waals surface area contributed by atoms with E-state index >= 15 is 0 Å². The lowest BCUT2D eigenvalue weighted by Gasteiger charge is -1.87. The molecule has 0 aromatic carbocycles. The van der Waals surface area contributed by atoms with Crippen LogP contribution < -0.4 is 0 Å². The Bertz CT molecular complexity index is 93.2. The predicted molar refractivity (Wildman–Crippen MR) is 27.4 cm³/mol.